The van der Waals surface area contributed by atoms with Crippen LogP contribution in [0, 0.1) is 13.8 Å². The highest BCUT2D eigenvalue weighted by molar-refractivity contribution is 6.30. The van der Waals surface area contributed by atoms with E-state index in [1.54, 1.807) is 11.9 Å². The van der Waals surface area contributed by atoms with E-state index in [4.69, 9.17) is 21.4 Å². The molecule has 2 aliphatic rings. The normalized spacial score (nSPS) is 20.8. The second-order valence-electron chi connectivity index (χ2n) is 9.11. The predicted molar refractivity (Wildman–Crippen MR) is 134 cm³/mol. The number of aryl methyl sites for hydroxylation is 2. The van der Waals surface area contributed by atoms with Gasteiger partial charge < -0.3 is 4.74 Å². The summed E-state index contributed by atoms with van der Waals surface area (Å²) in [6, 6.07) is 13.3. The van der Waals surface area contributed by atoms with Gasteiger partial charge in [-0.05, 0) is 69.5 Å². The van der Waals surface area contributed by atoms with Crippen LogP contribution in [0.3, 0.4) is 0 Å². The largest absolute Gasteiger partial charge is 0.465 e. The number of esters is 1. The van der Waals surface area contributed by atoms with Crippen molar-refractivity contribution in [2.24, 2.45) is 5.10 Å². The van der Waals surface area contributed by atoms with Crippen LogP contribution >= 0.6 is 11.6 Å². The van der Waals surface area contributed by atoms with Gasteiger partial charge in [-0.2, -0.15) is 5.10 Å². The van der Waals surface area contributed by atoms with E-state index in [0.29, 0.717) is 31.0 Å². The third kappa shape index (κ3) is 5.34. The lowest BCUT2D eigenvalue weighted by atomic mass is 9.95. The second kappa shape index (κ2) is 10.7. The number of ether oxygens (including phenoxy) is 1. The molecule has 2 aromatic rings. The number of hydrogen-bond donors (Lipinski definition) is 0. The lowest BCUT2D eigenvalue weighted by Crippen LogP contribution is -2.49. The van der Waals surface area contributed by atoms with Gasteiger partial charge in [0.25, 0.3) is 5.91 Å². The minimum absolute atomic E-state index is 0.114. The summed E-state index contributed by atoms with van der Waals surface area (Å²) in [4.78, 5) is 28.1. The molecule has 4 rings (SSSR count). The first-order valence-electron chi connectivity index (χ1n) is 12.0. The Morgan fingerprint density at radius 3 is 2.62 bits per heavy atom. The number of carbonyl (C=O) groups is 2. The topological polar surface area (TPSA) is 62.2 Å². The number of halogens is 1. The van der Waals surface area contributed by atoms with Gasteiger partial charge in [0.05, 0.1) is 24.9 Å². The summed E-state index contributed by atoms with van der Waals surface area (Å²) in [5, 5.41) is 7.10. The number of hydrogen-bond acceptors (Lipinski definition) is 5. The lowest BCUT2D eigenvalue weighted by molar-refractivity contribution is -0.152. The van der Waals surface area contributed by atoms with Crippen molar-refractivity contribution in [3.63, 3.8) is 0 Å². The third-order valence-electron chi connectivity index (χ3n) is 6.64. The Kier molecular flexibility index (Phi) is 7.69. The van der Waals surface area contributed by atoms with Crippen LogP contribution in [0.5, 0.6) is 0 Å². The first-order valence-corrected chi connectivity index (χ1v) is 12.4. The fourth-order valence-corrected chi connectivity index (χ4v) is 4.95. The maximum Gasteiger partial charge on any atom is 0.323 e. The molecule has 180 valence electrons. The molecule has 34 heavy (non-hydrogen) atoms. The van der Waals surface area contributed by atoms with E-state index in [0.717, 1.165) is 40.8 Å². The van der Waals surface area contributed by atoms with Crippen molar-refractivity contribution in [2.75, 3.05) is 19.7 Å². The number of nitrogens with zero attached hydrogens (tertiary/aromatic N) is 3. The minimum Gasteiger partial charge on any atom is -0.465 e. The average Bonchev–Trinajstić information content (AvgIpc) is 3.27. The molecule has 2 heterocycles. The van der Waals surface area contributed by atoms with Crippen LogP contribution in [0.2, 0.25) is 5.02 Å². The molecule has 2 atom stereocenters. The number of hydrazone groups is 1. The van der Waals surface area contributed by atoms with E-state index in [-0.39, 0.29) is 30.5 Å². The molecular weight excluding hydrogens is 450 g/mol. The van der Waals surface area contributed by atoms with Crippen LogP contribution in [0.1, 0.15) is 60.9 Å². The number of benzene rings is 2. The van der Waals surface area contributed by atoms with Gasteiger partial charge in [-0.3, -0.25) is 14.5 Å². The SMILES string of the molecule is CCOC(=O)[C@@H]1CCCCN1CC(=O)N1N=C(c2cc(C)ccc2C)C[C@H]1c1ccc(Cl)cc1. The maximum atomic E-state index is 13.6. The van der Waals surface area contributed by atoms with Crippen molar-refractivity contribution < 1.29 is 14.3 Å². The van der Waals surface area contributed by atoms with Gasteiger partial charge >= 0.3 is 5.97 Å². The molecule has 0 aliphatic carbocycles. The third-order valence-corrected chi connectivity index (χ3v) is 6.89. The lowest BCUT2D eigenvalue weighted by Gasteiger charge is -2.34. The van der Waals surface area contributed by atoms with Crippen LogP contribution in [0.4, 0.5) is 0 Å². The van der Waals surface area contributed by atoms with E-state index >= 15 is 0 Å². The van der Waals surface area contributed by atoms with Gasteiger partial charge in [0.15, 0.2) is 0 Å². The van der Waals surface area contributed by atoms with Crippen molar-refractivity contribution in [1.29, 1.82) is 0 Å². The zero-order chi connectivity index (χ0) is 24.2. The highest BCUT2D eigenvalue weighted by Gasteiger charge is 2.37. The van der Waals surface area contributed by atoms with Crippen molar-refractivity contribution in [3.05, 3.63) is 69.7 Å². The Labute approximate surface area is 206 Å². The molecule has 0 radical (unpaired) electrons. The molecule has 2 aliphatic heterocycles. The van der Waals surface area contributed by atoms with Gasteiger partial charge in [-0.25, -0.2) is 5.01 Å². The van der Waals surface area contributed by atoms with Crippen LogP contribution in [-0.4, -0.2) is 53.2 Å². The van der Waals surface area contributed by atoms with E-state index in [9.17, 15) is 9.59 Å². The fraction of sp³-hybridized carbons (Fsp3) is 0.444. The Morgan fingerprint density at radius 2 is 1.88 bits per heavy atom. The predicted octanol–water partition coefficient (Wildman–Crippen LogP) is 5.05. The van der Waals surface area contributed by atoms with E-state index in [1.807, 2.05) is 29.2 Å². The highest BCUT2D eigenvalue weighted by Crippen LogP contribution is 2.34. The standard InChI is InChI=1S/C27H32ClN3O3/c1-4-34-27(33)24-7-5-6-14-30(24)17-26(32)31-25(20-10-12-21(28)13-11-20)16-23(29-31)22-15-18(2)8-9-19(22)3/h8-13,15,24-25H,4-7,14,16-17H2,1-3H3/t24-,25-/m0/s1. The van der Waals surface area contributed by atoms with E-state index < -0.39 is 0 Å². The molecule has 0 aromatic heterocycles. The van der Waals surface area contributed by atoms with Crippen molar-refractivity contribution in [1.82, 2.24) is 9.91 Å². The summed E-state index contributed by atoms with van der Waals surface area (Å²) in [5.41, 5.74) is 5.24. The van der Waals surface area contributed by atoms with Gasteiger partial charge in [0.1, 0.15) is 6.04 Å². The van der Waals surface area contributed by atoms with Gasteiger partial charge in [0.2, 0.25) is 0 Å². The molecule has 0 bridgehead atoms. The smallest absolute Gasteiger partial charge is 0.323 e. The molecular formula is C27H32ClN3O3. The van der Waals surface area contributed by atoms with E-state index in [2.05, 4.69) is 32.0 Å². The Bertz CT molecular complexity index is 1080. The van der Waals surface area contributed by atoms with Crippen molar-refractivity contribution in [3.8, 4) is 0 Å². The van der Waals surface area contributed by atoms with E-state index in [1.165, 1.54) is 0 Å². The number of rotatable bonds is 6. The number of carbonyl (C=O) groups excluding carboxylic acids is 2. The van der Waals surface area contributed by atoms with Gasteiger partial charge in [-0.15, -0.1) is 0 Å². The summed E-state index contributed by atoms with van der Waals surface area (Å²) in [6.07, 6.45) is 3.25. The van der Waals surface area contributed by atoms with Gasteiger partial charge in [-0.1, -0.05) is 47.9 Å². The molecule has 7 heteroatoms. The molecule has 0 N–H and O–H groups in total. The van der Waals surface area contributed by atoms with Crippen LogP contribution < -0.4 is 0 Å². The molecule has 1 fully saturated rings. The number of piperidine rings is 1. The molecule has 1 amide bonds. The van der Waals surface area contributed by atoms with Crippen LogP contribution in [0.15, 0.2) is 47.6 Å². The Morgan fingerprint density at radius 1 is 1.12 bits per heavy atom. The Hall–Kier alpha value is -2.70. The highest BCUT2D eigenvalue weighted by atomic mass is 35.5. The zero-order valence-corrected chi connectivity index (χ0v) is 20.8. The van der Waals surface area contributed by atoms with Crippen LogP contribution in [-0.2, 0) is 14.3 Å². The molecule has 0 saturated carbocycles. The fourth-order valence-electron chi connectivity index (χ4n) is 4.83. The van der Waals surface area contributed by atoms with Crippen LogP contribution in [0.25, 0.3) is 0 Å². The quantitative estimate of drug-likeness (QED) is 0.541. The molecule has 2 aromatic carbocycles. The number of likely N-dealkylation sites (tertiary alicyclic amines) is 1. The first-order chi connectivity index (χ1) is 16.4. The monoisotopic (exact) mass is 481 g/mol. The molecule has 0 spiro atoms. The molecule has 1 saturated heterocycles. The summed E-state index contributed by atoms with van der Waals surface area (Å²) in [5.74, 6) is -0.360. The summed E-state index contributed by atoms with van der Waals surface area (Å²) < 4.78 is 5.27. The molecule has 6 nitrogen and oxygen atoms in total. The summed E-state index contributed by atoms with van der Waals surface area (Å²) >= 11 is 6.12. The summed E-state index contributed by atoms with van der Waals surface area (Å²) in [6.45, 7) is 7.10. The average molecular weight is 482 g/mol. The maximum absolute atomic E-state index is 13.6. The number of amides is 1. The molecule has 0 unspecified atom stereocenters. The zero-order valence-electron chi connectivity index (χ0n) is 20.1. The van der Waals surface area contributed by atoms with Crippen molar-refractivity contribution in [2.45, 2.75) is 58.5 Å². The Balaban J connectivity index is 1.62. The van der Waals surface area contributed by atoms with Crippen molar-refractivity contribution >= 4 is 29.2 Å². The summed E-state index contributed by atoms with van der Waals surface area (Å²) in [7, 11) is 0. The first kappa shape index (κ1) is 24.4. The second-order valence-corrected chi connectivity index (χ2v) is 9.55. The minimum atomic E-state index is -0.378. The van der Waals surface area contributed by atoms with Gasteiger partial charge in [0, 0.05) is 17.0 Å².